The summed E-state index contributed by atoms with van der Waals surface area (Å²) in [7, 11) is 1.43. The SMILES string of the molecule is CC1=CC(c2cc(=O)n(C)cc2-c2cccc(OCCN(C)C)c2)=CC(Cl)C1(C)S(=O)(=O)n1ccc2cc[nH]c(=O)c21. The number of allylic oxidation sites excluding steroid dienone is 3. The first kappa shape index (κ1) is 29.6. The number of fused-ring (bicyclic) bond motifs is 1. The molecule has 4 aromatic rings. The van der Waals surface area contributed by atoms with Crippen molar-refractivity contribution < 1.29 is 13.2 Å². The van der Waals surface area contributed by atoms with Crippen molar-refractivity contribution in [3.8, 4) is 16.9 Å². The Morgan fingerprint density at radius 3 is 2.60 bits per heavy atom. The van der Waals surface area contributed by atoms with E-state index in [1.165, 1.54) is 23.0 Å². The largest absolute Gasteiger partial charge is 0.492 e. The fraction of sp³-hybridized carbons (Fsp3) is 0.290. The fourth-order valence-electron chi connectivity index (χ4n) is 5.14. The maximum Gasteiger partial charge on any atom is 0.273 e. The van der Waals surface area contributed by atoms with E-state index in [9.17, 15) is 18.0 Å². The second-order valence-electron chi connectivity index (χ2n) is 10.9. The Labute approximate surface area is 249 Å². The molecule has 1 aromatic carbocycles. The van der Waals surface area contributed by atoms with E-state index in [1.807, 2.05) is 43.3 Å². The minimum Gasteiger partial charge on any atom is -0.492 e. The smallest absolute Gasteiger partial charge is 0.273 e. The lowest BCUT2D eigenvalue weighted by Crippen LogP contribution is -2.48. The lowest BCUT2D eigenvalue weighted by molar-refractivity contribution is 0.261. The second-order valence-corrected chi connectivity index (χ2v) is 13.6. The highest BCUT2D eigenvalue weighted by atomic mass is 35.5. The number of halogens is 1. The summed E-state index contributed by atoms with van der Waals surface area (Å²) in [4.78, 5) is 30.0. The van der Waals surface area contributed by atoms with Crippen molar-refractivity contribution in [1.29, 1.82) is 0 Å². The van der Waals surface area contributed by atoms with Crippen LogP contribution in [0.5, 0.6) is 5.75 Å². The minimum absolute atomic E-state index is 0.0340. The maximum absolute atomic E-state index is 14.1. The van der Waals surface area contributed by atoms with E-state index >= 15 is 0 Å². The first-order valence-electron chi connectivity index (χ1n) is 13.4. The van der Waals surface area contributed by atoms with Crippen molar-refractivity contribution in [2.45, 2.75) is 24.0 Å². The van der Waals surface area contributed by atoms with Crippen LogP contribution in [-0.2, 0) is 17.1 Å². The van der Waals surface area contributed by atoms with Gasteiger partial charge in [-0.3, -0.25) is 9.59 Å². The van der Waals surface area contributed by atoms with Gasteiger partial charge in [-0.2, -0.15) is 0 Å². The van der Waals surface area contributed by atoms with Gasteiger partial charge in [-0.15, -0.1) is 11.6 Å². The van der Waals surface area contributed by atoms with Crippen LogP contribution in [0, 0.1) is 0 Å². The molecule has 0 aliphatic heterocycles. The number of hydrogen-bond acceptors (Lipinski definition) is 6. The third-order valence-corrected chi connectivity index (χ3v) is 11.0. The number of aromatic amines is 1. The zero-order valence-corrected chi connectivity index (χ0v) is 25.7. The van der Waals surface area contributed by atoms with Crippen molar-refractivity contribution in [3.05, 3.63) is 105 Å². The maximum atomic E-state index is 14.1. The van der Waals surface area contributed by atoms with Gasteiger partial charge in [0.2, 0.25) is 10.0 Å². The Hall–Kier alpha value is -3.86. The van der Waals surface area contributed by atoms with E-state index in [4.69, 9.17) is 16.3 Å². The molecule has 9 nitrogen and oxygen atoms in total. The topological polar surface area (TPSA) is 106 Å². The Kier molecular flexibility index (Phi) is 7.82. The van der Waals surface area contributed by atoms with Crippen LogP contribution in [0.1, 0.15) is 19.4 Å². The van der Waals surface area contributed by atoms with Gasteiger partial charge in [0, 0.05) is 49.2 Å². The number of likely N-dealkylation sites (N-methyl/N-ethyl adjacent to an activating group) is 1. The Morgan fingerprint density at radius 1 is 1.12 bits per heavy atom. The Morgan fingerprint density at radius 2 is 1.88 bits per heavy atom. The number of alkyl halides is 1. The quantitative estimate of drug-likeness (QED) is 0.300. The van der Waals surface area contributed by atoms with Crippen molar-refractivity contribution in [2.24, 2.45) is 7.05 Å². The van der Waals surface area contributed by atoms with Crippen LogP contribution in [0.15, 0.2) is 88.4 Å². The molecule has 2 atom stereocenters. The van der Waals surface area contributed by atoms with Crippen molar-refractivity contribution in [1.82, 2.24) is 18.4 Å². The number of nitrogens with zero attached hydrogens (tertiary/aromatic N) is 3. The van der Waals surface area contributed by atoms with Gasteiger partial charge in [-0.1, -0.05) is 24.3 Å². The van der Waals surface area contributed by atoms with Gasteiger partial charge >= 0.3 is 0 Å². The molecule has 220 valence electrons. The third-order valence-electron chi connectivity index (χ3n) is 7.87. The Balaban J connectivity index is 1.58. The molecule has 0 fully saturated rings. The van der Waals surface area contributed by atoms with Crippen LogP contribution in [0.4, 0.5) is 0 Å². The zero-order valence-electron chi connectivity index (χ0n) is 24.1. The molecule has 0 bridgehead atoms. The number of aromatic nitrogens is 3. The highest BCUT2D eigenvalue weighted by Gasteiger charge is 2.49. The van der Waals surface area contributed by atoms with Gasteiger partial charge in [0.15, 0.2) is 0 Å². The monoisotopic (exact) mass is 608 g/mol. The Bertz CT molecular complexity index is 1970. The predicted molar refractivity (Wildman–Crippen MR) is 168 cm³/mol. The molecule has 3 aromatic heterocycles. The van der Waals surface area contributed by atoms with Crippen LogP contribution in [0.25, 0.3) is 27.6 Å². The van der Waals surface area contributed by atoms with E-state index in [1.54, 1.807) is 51.4 Å². The summed E-state index contributed by atoms with van der Waals surface area (Å²) in [6.07, 6.45) is 8.03. The number of rotatable bonds is 8. The average Bonchev–Trinajstić information content (AvgIpc) is 3.39. The van der Waals surface area contributed by atoms with Crippen LogP contribution in [0.3, 0.4) is 0 Å². The number of nitrogens with one attached hydrogen (secondary N) is 1. The number of H-pyrrole nitrogens is 1. The number of hydrogen-bond donors (Lipinski definition) is 1. The molecule has 1 aliphatic rings. The van der Waals surface area contributed by atoms with Gasteiger partial charge in [0.05, 0.1) is 5.38 Å². The van der Waals surface area contributed by atoms with Crippen molar-refractivity contribution in [2.75, 3.05) is 27.2 Å². The molecule has 2 unspecified atom stereocenters. The lowest BCUT2D eigenvalue weighted by Gasteiger charge is -2.37. The van der Waals surface area contributed by atoms with Crippen LogP contribution in [0.2, 0.25) is 0 Å². The van der Waals surface area contributed by atoms with E-state index < -0.39 is 25.7 Å². The van der Waals surface area contributed by atoms with Crippen molar-refractivity contribution >= 4 is 38.1 Å². The molecule has 1 aliphatic carbocycles. The van der Waals surface area contributed by atoms with Gasteiger partial charge in [0.1, 0.15) is 22.6 Å². The minimum atomic E-state index is -4.20. The summed E-state index contributed by atoms with van der Waals surface area (Å²) in [5, 5.41) is -0.510. The molecule has 0 saturated heterocycles. The summed E-state index contributed by atoms with van der Waals surface area (Å²) in [6, 6.07) is 12.4. The van der Waals surface area contributed by atoms with E-state index in [0.29, 0.717) is 34.5 Å². The van der Waals surface area contributed by atoms with Gasteiger partial charge < -0.3 is 19.2 Å². The summed E-state index contributed by atoms with van der Waals surface area (Å²) in [6.45, 7) is 4.54. The van der Waals surface area contributed by atoms with E-state index in [0.717, 1.165) is 21.6 Å². The summed E-state index contributed by atoms with van der Waals surface area (Å²) in [5.74, 6) is 0.696. The van der Waals surface area contributed by atoms with Gasteiger partial charge in [0.25, 0.3) is 11.1 Å². The summed E-state index contributed by atoms with van der Waals surface area (Å²) in [5.41, 5.74) is 2.63. The molecule has 0 radical (unpaired) electrons. The molecule has 42 heavy (non-hydrogen) atoms. The third kappa shape index (κ3) is 5.04. The zero-order chi connectivity index (χ0) is 30.4. The molecule has 5 rings (SSSR count). The van der Waals surface area contributed by atoms with Crippen LogP contribution >= 0.6 is 11.6 Å². The second kappa shape index (κ2) is 11.1. The first-order valence-corrected chi connectivity index (χ1v) is 15.3. The molecule has 0 amide bonds. The normalized spacial score (nSPS) is 19.2. The van der Waals surface area contributed by atoms with E-state index in [2.05, 4.69) is 4.98 Å². The lowest BCUT2D eigenvalue weighted by atomic mass is 9.85. The number of aryl methyl sites for hydroxylation is 1. The first-order chi connectivity index (χ1) is 19.8. The molecule has 0 saturated carbocycles. The number of pyridine rings is 2. The molecular formula is C31H33ClN4O5S. The van der Waals surface area contributed by atoms with Crippen LogP contribution < -0.4 is 15.9 Å². The summed E-state index contributed by atoms with van der Waals surface area (Å²) >= 11 is 6.93. The van der Waals surface area contributed by atoms with Gasteiger partial charge in [-0.25, -0.2) is 12.4 Å². The predicted octanol–water partition coefficient (Wildman–Crippen LogP) is 4.22. The van der Waals surface area contributed by atoms with Crippen LogP contribution in [-0.4, -0.2) is 64.2 Å². The highest BCUT2D eigenvalue weighted by Crippen LogP contribution is 2.43. The molecular weight excluding hydrogens is 576 g/mol. The fourth-order valence-corrected chi connectivity index (χ4v) is 7.67. The van der Waals surface area contributed by atoms with E-state index in [-0.39, 0.29) is 11.1 Å². The summed E-state index contributed by atoms with van der Waals surface area (Å²) < 4.78 is 35.2. The molecule has 1 N–H and O–H groups in total. The number of benzene rings is 1. The van der Waals surface area contributed by atoms with Gasteiger partial charge in [-0.05, 0) is 74.5 Å². The van der Waals surface area contributed by atoms with Crippen molar-refractivity contribution in [3.63, 3.8) is 0 Å². The molecule has 0 spiro atoms. The molecule has 11 heteroatoms. The average molecular weight is 609 g/mol. The highest BCUT2D eigenvalue weighted by molar-refractivity contribution is 7.91. The number of ether oxygens (including phenoxy) is 1. The molecule has 3 heterocycles. The standard InChI is InChI=1S/C31H33ClN4O5S/c1-20-15-23(17-27(32)31(20,2)42(39,40)36-12-10-21-9-11-33-30(38)29(21)36)25-18-28(37)35(5)19-26(25)22-7-6-8-24(16-22)41-14-13-34(3)4/h6-12,15-19,27H,13-14H2,1-5H3,(H,33,38).